The summed E-state index contributed by atoms with van der Waals surface area (Å²) in [5.41, 5.74) is 4.85. The summed E-state index contributed by atoms with van der Waals surface area (Å²) in [5.74, 6) is 1.04. The van der Waals surface area contributed by atoms with Crippen LogP contribution in [0.15, 0.2) is 16.5 Å². The van der Waals surface area contributed by atoms with Gasteiger partial charge in [0.25, 0.3) is 0 Å². The lowest BCUT2D eigenvalue weighted by Crippen LogP contribution is -2.12. The van der Waals surface area contributed by atoms with Crippen LogP contribution in [0.3, 0.4) is 0 Å². The van der Waals surface area contributed by atoms with Crippen LogP contribution in [0.1, 0.15) is 35.4 Å². The summed E-state index contributed by atoms with van der Waals surface area (Å²) in [4.78, 5) is 0. The van der Waals surface area contributed by atoms with Crippen LogP contribution in [0.25, 0.3) is 11.0 Å². The fraction of sp³-hybridized carbons (Fsp3) is 0.429. The van der Waals surface area contributed by atoms with Gasteiger partial charge in [0, 0.05) is 5.39 Å². The second-order valence-electron chi connectivity index (χ2n) is 4.53. The number of hydrogen-bond acceptors (Lipinski definition) is 2. The van der Waals surface area contributed by atoms with Crippen molar-refractivity contribution in [2.24, 2.45) is 0 Å². The first-order chi connectivity index (χ1) is 7.54. The van der Waals surface area contributed by atoms with E-state index in [0.29, 0.717) is 0 Å². The lowest BCUT2D eigenvalue weighted by atomic mass is 10.0. The minimum Gasteiger partial charge on any atom is -0.459 e. The molecule has 0 saturated carbocycles. The quantitative estimate of drug-likeness (QED) is 0.830. The van der Waals surface area contributed by atoms with Crippen LogP contribution < -0.4 is 5.32 Å². The maximum absolute atomic E-state index is 5.92. The van der Waals surface area contributed by atoms with Crippen molar-refractivity contribution in [3.05, 3.63) is 34.6 Å². The molecule has 1 N–H and O–H groups in total. The SMILES string of the molecule is CNC(C)c1oc2cc(C)c(C)cc2c1C. The first kappa shape index (κ1) is 11.2. The predicted octanol–water partition coefficient (Wildman–Crippen LogP) is 3.64. The van der Waals surface area contributed by atoms with Crippen molar-refractivity contribution in [1.29, 1.82) is 0 Å². The van der Waals surface area contributed by atoms with Crippen LogP contribution in [0.4, 0.5) is 0 Å². The Balaban J connectivity index is 2.68. The molecule has 1 unspecified atom stereocenters. The van der Waals surface area contributed by atoms with E-state index in [0.717, 1.165) is 11.3 Å². The normalized spacial score (nSPS) is 13.3. The summed E-state index contributed by atoms with van der Waals surface area (Å²) in [6.45, 7) is 8.50. The molecule has 2 rings (SSSR count). The molecule has 1 atom stereocenters. The fourth-order valence-electron chi connectivity index (χ4n) is 2.04. The molecule has 0 radical (unpaired) electrons. The number of benzene rings is 1. The number of rotatable bonds is 2. The molecule has 0 bridgehead atoms. The van der Waals surface area contributed by atoms with Crippen molar-refractivity contribution in [2.75, 3.05) is 7.05 Å². The van der Waals surface area contributed by atoms with E-state index in [1.54, 1.807) is 0 Å². The molecule has 0 spiro atoms. The highest BCUT2D eigenvalue weighted by molar-refractivity contribution is 5.83. The van der Waals surface area contributed by atoms with Gasteiger partial charge in [0.15, 0.2) is 0 Å². The molecule has 0 fully saturated rings. The molecular weight excluding hydrogens is 198 g/mol. The van der Waals surface area contributed by atoms with Crippen molar-refractivity contribution >= 4 is 11.0 Å². The third-order valence-electron chi connectivity index (χ3n) is 3.42. The van der Waals surface area contributed by atoms with E-state index in [1.165, 1.54) is 22.1 Å². The van der Waals surface area contributed by atoms with Gasteiger partial charge in [-0.1, -0.05) is 0 Å². The fourth-order valence-corrected chi connectivity index (χ4v) is 2.04. The Kier molecular flexibility index (Phi) is 2.76. The van der Waals surface area contributed by atoms with Gasteiger partial charge in [-0.25, -0.2) is 0 Å². The van der Waals surface area contributed by atoms with Gasteiger partial charge in [0.05, 0.1) is 6.04 Å². The molecule has 1 aromatic heterocycles. The van der Waals surface area contributed by atoms with Crippen molar-refractivity contribution in [2.45, 2.75) is 33.7 Å². The summed E-state index contributed by atoms with van der Waals surface area (Å²) in [5, 5.41) is 4.45. The van der Waals surface area contributed by atoms with Crippen molar-refractivity contribution in [3.8, 4) is 0 Å². The Hall–Kier alpha value is -1.28. The Morgan fingerprint density at radius 3 is 2.38 bits per heavy atom. The maximum atomic E-state index is 5.92. The lowest BCUT2D eigenvalue weighted by Gasteiger charge is -2.06. The van der Waals surface area contributed by atoms with Gasteiger partial charge in [-0.2, -0.15) is 0 Å². The Labute approximate surface area is 96.6 Å². The van der Waals surface area contributed by atoms with Crippen LogP contribution in [0.5, 0.6) is 0 Å². The minimum absolute atomic E-state index is 0.257. The molecule has 2 nitrogen and oxygen atoms in total. The van der Waals surface area contributed by atoms with Gasteiger partial charge in [0.1, 0.15) is 11.3 Å². The number of aryl methyl sites for hydroxylation is 3. The standard InChI is InChI=1S/C14H19NO/c1-8-6-12-10(3)14(11(4)15-5)16-13(12)7-9(8)2/h6-7,11,15H,1-5H3. The van der Waals surface area contributed by atoms with Gasteiger partial charge < -0.3 is 9.73 Å². The van der Waals surface area contributed by atoms with Gasteiger partial charge in [-0.3, -0.25) is 0 Å². The van der Waals surface area contributed by atoms with Crippen molar-refractivity contribution in [3.63, 3.8) is 0 Å². The molecule has 86 valence electrons. The van der Waals surface area contributed by atoms with Crippen LogP contribution in [-0.4, -0.2) is 7.05 Å². The highest BCUT2D eigenvalue weighted by Crippen LogP contribution is 2.31. The zero-order valence-corrected chi connectivity index (χ0v) is 10.6. The molecule has 0 aliphatic rings. The molecular formula is C14H19NO. The van der Waals surface area contributed by atoms with Crippen LogP contribution in [-0.2, 0) is 0 Å². The summed E-state index contributed by atoms with van der Waals surface area (Å²) in [6, 6.07) is 4.60. The molecule has 1 aromatic carbocycles. The van der Waals surface area contributed by atoms with E-state index in [9.17, 15) is 0 Å². The Bertz CT molecular complexity index is 525. The zero-order valence-electron chi connectivity index (χ0n) is 10.6. The number of fused-ring (bicyclic) bond motifs is 1. The van der Waals surface area contributed by atoms with Gasteiger partial charge in [0.2, 0.25) is 0 Å². The van der Waals surface area contributed by atoms with E-state index in [1.807, 2.05) is 7.05 Å². The van der Waals surface area contributed by atoms with Crippen LogP contribution in [0, 0.1) is 20.8 Å². The molecule has 0 aliphatic carbocycles. The summed E-state index contributed by atoms with van der Waals surface area (Å²) in [7, 11) is 1.95. The van der Waals surface area contributed by atoms with E-state index in [4.69, 9.17) is 4.42 Å². The van der Waals surface area contributed by atoms with Gasteiger partial charge >= 0.3 is 0 Å². The summed E-state index contributed by atoms with van der Waals surface area (Å²) in [6.07, 6.45) is 0. The van der Waals surface area contributed by atoms with E-state index >= 15 is 0 Å². The van der Waals surface area contributed by atoms with Crippen molar-refractivity contribution in [1.82, 2.24) is 5.32 Å². The highest BCUT2D eigenvalue weighted by atomic mass is 16.3. The van der Waals surface area contributed by atoms with E-state index in [2.05, 4.69) is 45.1 Å². The number of furan rings is 1. The predicted molar refractivity (Wildman–Crippen MR) is 67.9 cm³/mol. The average molecular weight is 217 g/mol. The largest absolute Gasteiger partial charge is 0.459 e. The summed E-state index contributed by atoms with van der Waals surface area (Å²) < 4.78 is 5.92. The topological polar surface area (TPSA) is 25.2 Å². The zero-order chi connectivity index (χ0) is 11.9. The Morgan fingerprint density at radius 1 is 1.12 bits per heavy atom. The van der Waals surface area contributed by atoms with E-state index in [-0.39, 0.29) is 6.04 Å². The molecule has 0 saturated heterocycles. The van der Waals surface area contributed by atoms with Gasteiger partial charge in [-0.05, 0) is 63.6 Å². The maximum Gasteiger partial charge on any atom is 0.134 e. The lowest BCUT2D eigenvalue weighted by molar-refractivity contribution is 0.471. The monoisotopic (exact) mass is 217 g/mol. The smallest absolute Gasteiger partial charge is 0.134 e. The third-order valence-corrected chi connectivity index (χ3v) is 3.42. The third kappa shape index (κ3) is 1.63. The minimum atomic E-state index is 0.257. The first-order valence-corrected chi connectivity index (χ1v) is 5.72. The molecule has 2 aromatic rings. The number of nitrogens with one attached hydrogen (secondary N) is 1. The second-order valence-corrected chi connectivity index (χ2v) is 4.53. The van der Waals surface area contributed by atoms with Crippen LogP contribution in [0.2, 0.25) is 0 Å². The molecule has 1 heterocycles. The summed E-state index contributed by atoms with van der Waals surface area (Å²) >= 11 is 0. The molecule has 0 aliphatic heterocycles. The van der Waals surface area contributed by atoms with Crippen LogP contribution >= 0.6 is 0 Å². The van der Waals surface area contributed by atoms with Crippen molar-refractivity contribution < 1.29 is 4.42 Å². The number of hydrogen-bond donors (Lipinski definition) is 1. The first-order valence-electron chi connectivity index (χ1n) is 5.72. The average Bonchev–Trinajstić information content (AvgIpc) is 2.56. The molecule has 16 heavy (non-hydrogen) atoms. The molecule has 2 heteroatoms. The van der Waals surface area contributed by atoms with E-state index < -0.39 is 0 Å². The van der Waals surface area contributed by atoms with Gasteiger partial charge in [-0.15, -0.1) is 0 Å². The molecule has 0 amide bonds. The highest BCUT2D eigenvalue weighted by Gasteiger charge is 2.15. The Morgan fingerprint density at radius 2 is 1.75 bits per heavy atom. The second kappa shape index (κ2) is 3.95.